The molecule has 3 rings (SSSR count). The lowest BCUT2D eigenvalue weighted by Crippen LogP contribution is -2.41. The summed E-state index contributed by atoms with van der Waals surface area (Å²) in [6.07, 6.45) is 1.84. The molecular weight excluding hydrogens is 410 g/mol. The first kappa shape index (κ1) is 15.0. The highest BCUT2D eigenvalue weighted by molar-refractivity contribution is 9.13. The Morgan fingerprint density at radius 1 is 1.25 bits per heavy atom. The molecule has 7 heteroatoms. The van der Waals surface area contributed by atoms with Gasteiger partial charge in [0.15, 0.2) is 6.29 Å². The van der Waals surface area contributed by atoms with Gasteiger partial charge >= 0.3 is 0 Å². The number of likely N-dealkylation sites (tertiary alicyclic amines) is 1. The van der Waals surface area contributed by atoms with E-state index < -0.39 is 0 Å². The molecule has 0 atom stereocenters. The van der Waals surface area contributed by atoms with Crippen molar-refractivity contribution >= 4 is 49.1 Å². The van der Waals surface area contributed by atoms with Crippen molar-refractivity contribution in [2.24, 2.45) is 5.92 Å². The van der Waals surface area contributed by atoms with Gasteiger partial charge in [0.05, 0.1) is 21.9 Å². The Balaban J connectivity index is 1.58. The number of halogens is 2. The first-order valence-electron chi connectivity index (χ1n) is 6.62. The molecule has 3 heterocycles. The SMILES string of the molecule is O=C(c1cc(Br)c(Br)s1)N1CCC(C2OCCO2)CC1. The van der Waals surface area contributed by atoms with E-state index in [0.29, 0.717) is 19.1 Å². The fourth-order valence-corrected chi connectivity index (χ4v) is 4.63. The average Bonchev–Trinajstić information content (AvgIpc) is 3.09. The highest BCUT2D eigenvalue weighted by Gasteiger charge is 2.32. The van der Waals surface area contributed by atoms with Crippen LogP contribution in [0, 0.1) is 5.92 Å². The third kappa shape index (κ3) is 3.11. The maximum absolute atomic E-state index is 12.4. The number of piperidine rings is 1. The molecule has 2 aliphatic heterocycles. The number of carbonyl (C=O) groups is 1. The van der Waals surface area contributed by atoms with Crippen LogP contribution in [-0.4, -0.2) is 43.4 Å². The van der Waals surface area contributed by atoms with Gasteiger partial charge in [-0.2, -0.15) is 0 Å². The Morgan fingerprint density at radius 2 is 1.90 bits per heavy atom. The average molecular weight is 425 g/mol. The summed E-state index contributed by atoms with van der Waals surface area (Å²) in [5.41, 5.74) is 0. The number of amides is 1. The molecule has 1 aromatic heterocycles. The normalized spacial score (nSPS) is 21.6. The van der Waals surface area contributed by atoms with Gasteiger partial charge in [-0.1, -0.05) is 0 Å². The van der Waals surface area contributed by atoms with E-state index in [-0.39, 0.29) is 12.2 Å². The Bertz CT molecular complexity index is 474. The minimum atomic E-state index is -0.0581. The van der Waals surface area contributed by atoms with Crippen LogP contribution in [0.5, 0.6) is 0 Å². The number of ether oxygens (including phenoxy) is 2. The van der Waals surface area contributed by atoms with Crippen molar-refractivity contribution in [2.45, 2.75) is 19.1 Å². The van der Waals surface area contributed by atoms with Crippen molar-refractivity contribution in [1.29, 1.82) is 0 Å². The second-order valence-electron chi connectivity index (χ2n) is 4.97. The molecule has 4 nitrogen and oxygen atoms in total. The minimum Gasteiger partial charge on any atom is -0.350 e. The van der Waals surface area contributed by atoms with Gasteiger partial charge in [-0.25, -0.2) is 0 Å². The summed E-state index contributed by atoms with van der Waals surface area (Å²) in [4.78, 5) is 15.1. The lowest BCUT2D eigenvalue weighted by Gasteiger charge is -2.33. The van der Waals surface area contributed by atoms with Crippen LogP contribution in [0.1, 0.15) is 22.5 Å². The molecule has 0 aliphatic carbocycles. The van der Waals surface area contributed by atoms with Crippen LogP contribution in [-0.2, 0) is 9.47 Å². The Labute approximate surface area is 138 Å². The highest BCUT2D eigenvalue weighted by atomic mass is 79.9. The molecule has 0 aromatic carbocycles. The third-order valence-electron chi connectivity index (χ3n) is 3.72. The molecule has 0 N–H and O–H groups in total. The van der Waals surface area contributed by atoms with Crippen LogP contribution in [0.2, 0.25) is 0 Å². The minimum absolute atomic E-state index is 0.0581. The van der Waals surface area contributed by atoms with E-state index in [1.165, 1.54) is 11.3 Å². The number of rotatable bonds is 2. The number of nitrogens with zero attached hydrogens (tertiary/aromatic N) is 1. The number of carbonyl (C=O) groups excluding carboxylic acids is 1. The number of hydrogen-bond donors (Lipinski definition) is 0. The Kier molecular flexibility index (Phi) is 4.82. The molecular formula is C13H15Br2NO3S. The van der Waals surface area contributed by atoms with Crippen LogP contribution in [0.15, 0.2) is 14.3 Å². The number of thiophene rings is 1. The molecule has 0 radical (unpaired) electrons. The third-order valence-corrected chi connectivity index (χ3v) is 6.96. The first-order chi connectivity index (χ1) is 9.65. The van der Waals surface area contributed by atoms with Crippen LogP contribution < -0.4 is 0 Å². The fraction of sp³-hybridized carbons (Fsp3) is 0.615. The summed E-state index contributed by atoms with van der Waals surface area (Å²) in [5.74, 6) is 0.538. The molecule has 2 aliphatic rings. The van der Waals surface area contributed by atoms with E-state index in [4.69, 9.17) is 9.47 Å². The van der Waals surface area contributed by atoms with Gasteiger partial charge in [-0.05, 0) is 50.8 Å². The van der Waals surface area contributed by atoms with Gasteiger partial charge in [0, 0.05) is 23.5 Å². The van der Waals surface area contributed by atoms with Crippen molar-refractivity contribution in [3.05, 3.63) is 19.2 Å². The lowest BCUT2D eigenvalue weighted by atomic mass is 9.96. The second kappa shape index (κ2) is 6.44. The van der Waals surface area contributed by atoms with Crippen molar-refractivity contribution in [2.75, 3.05) is 26.3 Å². The fourth-order valence-electron chi connectivity index (χ4n) is 2.63. The summed E-state index contributed by atoms with van der Waals surface area (Å²) in [6, 6.07) is 1.88. The lowest BCUT2D eigenvalue weighted by molar-refractivity contribution is -0.0955. The maximum atomic E-state index is 12.4. The molecule has 0 bridgehead atoms. The van der Waals surface area contributed by atoms with Gasteiger partial charge in [0.1, 0.15) is 0 Å². The maximum Gasteiger partial charge on any atom is 0.264 e. The van der Waals surface area contributed by atoms with Crippen LogP contribution >= 0.6 is 43.2 Å². The molecule has 110 valence electrons. The Morgan fingerprint density at radius 3 is 2.45 bits per heavy atom. The molecule has 0 saturated carbocycles. The van der Waals surface area contributed by atoms with E-state index in [2.05, 4.69) is 31.9 Å². The van der Waals surface area contributed by atoms with E-state index in [1.807, 2.05) is 11.0 Å². The van der Waals surface area contributed by atoms with Crippen LogP contribution in [0.3, 0.4) is 0 Å². The molecule has 2 saturated heterocycles. The van der Waals surface area contributed by atoms with Gasteiger partial charge in [-0.15, -0.1) is 11.3 Å². The van der Waals surface area contributed by atoms with Crippen molar-refractivity contribution in [3.63, 3.8) is 0 Å². The largest absolute Gasteiger partial charge is 0.350 e. The topological polar surface area (TPSA) is 38.8 Å². The Hall–Kier alpha value is 0.0500. The summed E-state index contributed by atoms with van der Waals surface area (Å²) < 4.78 is 13.0. The standard InChI is InChI=1S/C13H15Br2NO3S/c14-9-7-10(20-11(9)15)12(17)16-3-1-8(2-4-16)13-18-5-6-19-13/h7-8,13H,1-6H2. The van der Waals surface area contributed by atoms with Crippen molar-refractivity contribution < 1.29 is 14.3 Å². The molecule has 1 amide bonds. The molecule has 0 spiro atoms. The van der Waals surface area contributed by atoms with E-state index in [0.717, 1.165) is 39.1 Å². The van der Waals surface area contributed by atoms with E-state index in [1.54, 1.807) is 0 Å². The van der Waals surface area contributed by atoms with Crippen molar-refractivity contribution in [1.82, 2.24) is 4.90 Å². The van der Waals surface area contributed by atoms with Gasteiger partial charge in [0.2, 0.25) is 0 Å². The molecule has 1 aromatic rings. The quantitative estimate of drug-likeness (QED) is 0.729. The summed E-state index contributed by atoms with van der Waals surface area (Å²) >= 11 is 8.32. The second-order valence-corrected chi connectivity index (χ2v) is 8.20. The van der Waals surface area contributed by atoms with Crippen molar-refractivity contribution in [3.8, 4) is 0 Å². The van der Waals surface area contributed by atoms with Gasteiger partial charge in [0.25, 0.3) is 5.91 Å². The summed E-state index contributed by atoms with van der Waals surface area (Å²) in [6.45, 7) is 2.95. The van der Waals surface area contributed by atoms with Crippen LogP contribution in [0.4, 0.5) is 0 Å². The monoisotopic (exact) mass is 423 g/mol. The zero-order valence-electron chi connectivity index (χ0n) is 10.8. The van der Waals surface area contributed by atoms with E-state index in [9.17, 15) is 4.79 Å². The van der Waals surface area contributed by atoms with Gasteiger partial charge in [-0.3, -0.25) is 4.79 Å². The molecule has 0 unspecified atom stereocenters. The zero-order chi connectivity index (χ0) is 14.1. The highest BCUT2D eigenvalue weighted by Crippen LogP contribution is 2.34. The predicted molar refractivity (Wildman–Crippen MR) is 84.0 cm³/mol. The summed E-state index contributed by atoms with van der Waals surface area (Å²) in [7, 11) is 0. The predicted octanol–water partition coefficient (Wildman–Crippen LogP) is 3.50. The smallest absolute Gasteiger partial charge is 0.264 e. The molecule has 20 heavy (non-hydrogen) atoms. The van der Waals surface area contributed by atoms with Crippen LogP contribution in [0.25, 0.3) is 0 Å². The molecule has 2 fully saturated rings. The van der Waals surface area contributed by atoms with Gasteiger partial charge < -0.3 is 14.4 Å². The summed E-state index contributed by atoms with van der Waals surface area (Å²) in [5, 5.41) is 0. The van der Waals surface area contributed by atoms with E-state index >= 15 is 0 Å². The zero-order valence-corrected chi connectivity index (χ0v) is 14.8. The first-order valence-corrected chi connectivity index (χ1v) is 9.02. The number of hydrogen-bond acceptors (Lipinski definition) is 4.